The van der Waals surface area contributed by atoms with Gasteiger partial charge in [0.05, 0.1) is 32.4 Å². The molecule has 7 nitrogen and oxygen atoms in total. The molecule has 0 bridgehead atoms. The smallest absolute Gasteiger partial charge is 0.323 e. The molecule has 160 valence electrons. The lowest BCUT2D eigenvalue weighted by molar-refractivity contribution is -0.172. The van der Waals surface area contributed by atoms with Crippen molar-refractivity contribution in [3.8, 4) is 0 Å². The van der Waals surface area contributed by atoms with Crippen molar-refractivity contribution in [2.75, 3.05) is 20.8 Å². The van der Waals surface area contributed by atoms with Gasteiger partial charge in [0, 0.05) is 17.0 Å². The Hall–Kier alpha value is -2.70. The molecule has 0 unspecified atom stereocenters. The van der Waals surface area contributed by atoms with Crippen molar-refractivity contribution < 1.29 is 28.6 Å². The minimum Gasteiger partial charge on any atom is -0.468 e. The molecule has 30 heavy (non-hydrogen) atoms. The molecule has 0 amide bonds. The molecule has 2 saturated carbocycles. The van der Waals surface area contributed by atoms with Crippen LogP contribution in [0.3, 0.4) is 0 Å². The number of para-hydroxylation sites is 1. The summed E-state index contributed by atoms with van der Waals surface area (Å²) in [4.78, 5) is 43.4. The van der Waals surface area contributed by atoms with E-state index in [0.29, 0.717) is 25.7 Å². The summed E-state index contributed by atoms with van der Waals surface area (Å²) in [5.41, 5.74) is -0.726. The number of ether oxygens (including phenoxy) is 3. The molecule has 2 fully saturated rings. The number of carbonyl (C=O) groups is 3. The van der Waals surface area contributed by atoms with Crippen molar-refractivity contribution in [3.63, 3.8) is 0 Å². The van der Waals surface area contributed by atoms with Crippen molar-refractivity contribution in [2.45, 2.75) is 44.4 Å². The normalized spacial score (nSPS) is 30.4. The molecule has 0 aromatic heterocycles. The Bertz CT molecular complexity index is 908. The largest absolute Gasteiger partial charge is 0.468 e. The van der Waals surface area contributed by atoms with Gasteiger partial charge < -0.3 is 14.2 Å². The Balaban J connectivity index is 1.87. The zero-order valence-corrected chi connectivity index (χ0v) is 17.6. The van der Waals surface area contributed by atoms with Gasteiger partial charge in [-0.3, -0.25) is 19.4 Å². The van der Waals surface area contributed by atoms with Gasteiger partial charge in [-0.1, -0.05) is 24.6 Å². The molecule has 3 atom stereocenters. The summed E-state index contributed by atoms with van der Waals surface area (Å²) in [5, 5.41) is 0. The van der Waals surface area contributed by atoms with Crippen molar-refractivity contribution in [1.82, 2.24) is 0 Å². The third-order valence-electron chi connectivity index (χ3n) is 7.29. The maximum Gasteiger partial charge on any atom is 0.323 e. The Morgan fingerprint density at radius 2 is 1.80 bits per heavy atom. The fraction of sp³-hybridized carbons (Fsp3) is 0.565. The first kappa shape index (κ1) is 20.6. The number of hydrogen-bond donors (Lipinski definition) is 0. The van der Waals surface area contributed by atoms with E-state index in [1.54, 1.807) is 6.92 Å². The SMILES string of the molecule is CCOC(=O)[C@H]1C[C@]12CC(C(=O)OC)(C(=O)OC)CCC[C@@]21C=Nc2ccccc21. The van der Waals surface area contributed by atoms with E-state index in [-0.39, 0.29) is 19.0 Å². The highest BCUT2D eigenvalue weighted by Crippen LogP contribution is 2.73. The zero-order valence-electron chi connectivity index (χ0n) is 17.6. The average Bonchev–Trinajstić information content (AvgIpc) is 3.41. The number of methoxy groups -OCH3 is 2. The Labute approximate surface area is 175 Å². The second kappa shape index (κ2) is 7.22. The molecule has 3 aliphatic rings. The molecule has 7 heteroatoms. The standard InChI is InChI=1S/C23H27NO6/c1-4-30-18(25)16-12-23(16)13-21(19(26)28-2,20(27)29-3)10-7-11-22(23)14-24-17-9-6-5-8-15(17)22/h5-6,8-9,14,16H,4,7,10-13H2,1-3H3/t16-,22+,23+/m1/s1. The maximum absolute atomic E-state index is 12.9. The topological polar surface area (TPSA) is 91.3 Å². The first-order valence-electron chi connectivity index (χ1n) is 10.4. The third-order valence-corrected chi connectivity index (χ3v) is 7.29. The number of carbonyl (C=O) groups excluding carboxylic acids is 3. The molecule has 1 aromatic rings. The van der Waals surface area contributed by atoms with Gasteiger partial charge in [-0.05, 0) is 44.2 Å². The molecule has 1 aromatic carbocycles. The van der Waals surface area contributed by atoms with Gasteiger partial charge in [-0.2, -0.15) is 0 Å². The lowest BCUT2D eigenvalue weighted by atomic mass is 9.62. The predicted molar refractivity (Wildman–Crippen MR) is 108 cm³/mol. The van der Waals surface area contributed by atoms with Crippen LogP contribution in [0, 0.1) is 16.7 Å². The molecule has 1 heterocycles. The number of hydrogen-bond acceptors (Lipinski definition) is 7. The molecule has 2 aliphatic carbocycles. The average molecular weight is 413 g/mol. The number of esters is 3. The Kier molecular flexibility index (Phi) is 4.95. The summed E-state index contributed by atoms with van der Waals surface area (Å²) in [5.74, 6) is -1.92. The van der Waals surface area contributed by atoms with E-state index in [1.807, 2.05) is 30.5 Å². The predicted octanol–water partition coefficient (Wildman–Crippen LogP) is 3.12. The van der Waals surface area contributed by atoms with E-state index in [2.05, 4.69) is 4.99 Å². The van der Waals surface area contributed by atoms with Gasteiger partial charge in [0.15, 0.2) is 5.41 Å². The van der Waals surface area contributed by atoms with Crippen LogP contribution >= 0.6 is 0 Å². The van der Waals surface area contributed by atoms with Crippen LogP contribution in [0.5, 0.6) is 0 Å². The summed E-state index contributed by atoms with van der Waals surface area (Å²) < 4.78 is 15.5. The molecule has 1 aliphatic heterocycles. The molecule has 4 rings (SSSR count). The third kappa shape index (κ3) is 2.63. The van der Waals surface area contributed by atoms with Crippen LogP contribution in [0.2, 0.25) is 0 Å². The van der Waals surface area contributed by atoms with Crippen LogP contribution in [-0.2, 0) is 34.0 Å². The first-order chi connectivity index (χ1) is 14.4. The van der Waals surface area contributed by atoms with Gasteiger partial charge in [0.25, 0.3) is 0 Å². The van der Waals surface area contributed by atoms with Gasteiger partial charge in [0.2, 0.25) is 0 Å². The minimum atomic E-state index is -1.44. The quantitative estimate of drug-likeness (QED) is 0.428. The van der Waals surface area contributed by atoms with Crippen molar-refractivity contribution in [3.05, 3.63) is 29.8 Å². The fourth-order valence-electron chi connectivity index (χ4n) is 5.88. The molecular formula is C23H27NO6. The van der Waals surface area contributed by atoms with E-state index in [4.69, 9.17) is 14.2 Å². The van der Waals surface area contributed by atoms with Gasteiger partial charge in [0.1, 0.15) is 0 Å². The van der Waals surface area contributed by atoms with Gasteiger partial charge in [-0.25, -0.2) is 0 Å². The van der Waals surface area contributed by atoms with Gasteiger partial charge >= 0.3 is 17.9 Å². The van der Waals surface area contributed by atoms with E-state index in [0.717, 1.165) is 11.3 Å². The van der Waals surface area contributed by atoms with Crippen LogP contribution in [0.25, 0.3) is 0 Å². The van der Waals surface area contributed by atoms with E-state index < -0.39 is 34.1 Å². The molecule has 0 saturated heterocycles. The van der Waals surface area contributed by atoms with E-state index in [1.165, 1.54) is 14.2 Å². The summed E-state index contributed by atoms with van der Waals surface area (Å²) in [6.07, 6.45) is 4.22. The fourth-order valence-corrected chi connectivity index (χ4v) is 5.88. The summed E-state index contributed by atoms with van der Waals surface area (Å²) in [6, 6.07) is 7.88. The van der Waals surface area contributed by atoms with Crippen molar-refractivity contribution in [1.29, 1.82) is 0 Å². The van der Waals surface area contributed by atoms with Crippen LogP contribution in [0.4, 0.5) is 5.69 Å². The second-order valence-corrected chi connectivity index (χ2v) is 8.51. The molecule has 0 N–H and O–H groups in total. The lowest BCUT2D eigenvalue weighted by Crippen LogP contribution is -2.46. The number of aliphatic imine (C=N–C) groups is 1. The van der Waals surface area contributed by atoms with Crippen LogP contribution in [-0.4, -0.2) is 44.9 Å². The number of benzene rings is 1. The second-order valence-electron chi connectivity index (χ2n) is 8.51. The Morgan fingerprint density at radius 1 is 1.10 bits per heavy atom. The highest BCUT2D eigenvalue weighted by molar-refractivity contribution is 6.01. The van der Waals surface area contributed by atoms with Crippen LogP contribution in [0.15, 0.2) is 29.3 Å². The van der Waals surface area contributed by atoms with Crippen molar-refractivity contribution in [2.24, 2.45) is 21.7 Å². The zero-order chi connectivity index (χ0) is 21.6. The minimum absolute atomic E-state index is 0.170. The molecular weight excluding hydrogens is 386 g/mol. The van der Waals surface area contributed by atoms with Crippen molar-refractivity contribution >= 4 is 29.8 Å². The number of nitrogens with zero attached hydrogens (tertiary/aromatic N) is 1. The van der Waals surface area contributed by atoms with E-state index >= 15 is 0 Å². The monoisotopic (exact) mass is 413 g/mol. The van der Waals surface area contributed by atoms with E-state index in [9.17, 15) is 14.4 Å². The first-order valence-corrected chi connectivity index (χ1v) is 10.4. The summed E-state index contributed by atoms with van der Waals surface area (Å²) in [7, 11) is 2.56. The highest BCUT2D eigenvalue weighted by atomic mass is 16.5. The lowest BCUT2D eigenvalue weighted by Gasteiger charge is -2.39. The maximum atomic E-state index is 12.9. The van der Waals surface area contributed by atoms with Crippen LogP contribution < -0.4 is 0 Å². The van der Waals surface area contributed by atoms with Gasteiger partial charge in [-0.15, -0.1) is 0 Å². The van der Waals surface area contributed by atoms with Crippen LogP contribution in [0.1, 0.15) is 44.6 Å². The molecule has 2 spiro atoms. The number of rotatable bonds is 4. The summed E-state index contributed by atoms with van der Waals surface area (Å²) >= 11 is 0. The Morgan fingerprint density at radius 3 is 2.47 bits per heavy atom. The number of fused-ring (bicyclic) bond motifs is 3. The molecule has 0 radical (unpaired) electrons. The highest BCUT2D eigenvalue weighted by Gasteiger charge is 2.75. The summed E-state index contributed by atoms with van der Waals surface area (Å²) in [6.45, 7) is 2.05.